The number of nitrogens with zero attached hydrogens (tertiary/aromatic N) is 3. The molecule has 2 heterocycles. The van der Waals surface area contributed by atoms with Crippen LogP contribution >= 0.6 is 23.1 Å². The lowest BCUT2D eigenvalue weighted by Gasteiger charge is -2.14. The van der Waals surface area contributed by atoms with Crippen molar-refractivity contribution in [3.05, 3.63) is 47.3 Å². The van der Waals surface area contributed by atoms with Crippen molar-refractivity contribution in [3.8, 4) is 45.5 Å². The van der Waals surface area contributed by atoms with Crippen LogP contribution in [0.15, 0.2) is 46.9 Å². The van der Waals surface area contributed by atoms with Crippen molar-refractivity contribution in [1.29, 1.82) is 0 Å². The summed E-state index contributed by atoms with van der Waals surface area (Å²) in [5.74, 6) is 1.88. The summed E-state index contributed by atoms with van der Waals surface area (Å²) in [4.78, 5) is 25.5. The Hall–Kier alpha value is -4.23. The molecular formula is C27H28N4O7S2. The minimum absolute atomic E-state index is 0.0393. The Morgan fingerprint density at radius 2 is 1.60 bits per heavy atom. The first-order valence-electron chi connectivity index (χ1n) is 11.8. The highest BCUT2D eigenvalue weighted by molar-refractivity contribution is 7.99. The van der Waals surface area contributed by atoms with Crippen LogP contribution in [0.4, 0.5) is 5.00 Å². The topological polar surface area (TPSA) is 123 Å². The number of rotatable bonds is 11. The molecule has 0 aliphatic carbocycles. The summed E-state index contributed by atoms with van der Waals surface area (Å²) < 4.78 is 28.3. The van der Waals surface area contributed by atoms with Gasteiger partial charge in [0.05, 0.1) is 41.3 Å². The van der Waals surface area contributed by atoms with Crippen molar-refractivity contribution in [3.63, 3.8) is 0 Å². The third-order valence-corrected chi connectivity index (χ3v) is 7.84. The Balaban J connectivity index is 1.51. The molecule has 0 aliphatic rings. The van der Waals surface area contributed by atoms with E-state index in [1.54, 1.807) is 43.0 Å². The van der Waals surface area contributed by atoms with Crippen molar-refractivity contribution in [1.82, 2.24) is 14.8 Å². The normalized spacial score (nSPS) is 10.7. The minimum Gasteiger partial charge on any atom is -0.497 e. The van der Waals surface area contributed by atoms with Gasteiger partial charge in [-0.1, -0.05) is 23.9 Å². The third-order valence-electron chi connectivity index (χ3n) is 5.92. The van der Waals surface area contributed by atoms with Crippen molar-refractivity contribution in [2.45, 2.75) is 5.16 Å². The molecule has 0 atom stereocenters. The molecule has 13 heteroatoms. The van der Waals surface area contributed by atoms with Crippen LogP contribution in [-0.2, 0) is 16.6 Å². The number of nitrogens with one attached hydrogen (secondary N) is 1. The quantitative estimate of drug-likeness (QED) is 0.195. The Morgan fingerprint density at radius 1 is 0.925 bits per heavy atom. The van der Waals surface area contributed by atoms with E-state index in [2.05, 4.69) is 15.5 Å². The second-order valence-corrected chi connectivity index (χ2v) is 10.0. The van der Waals surface area contributed by atoms with Crippen molar-refractivity contribution in [2.24, 2.45) is 7.05 Å². The van der Waals surface area contributed by atoms with Crippen LogP contribution in [0.5, 0.6) is 23.0 Å². The molecule has 0 unspecified atom stereocenters. The molecule has 0 fully saturated rings. The third kappa shape index (κ3) is 5.84. The lowest BCUT2D eigenvalue weighted by Crippen LogP contribution is -2.16. The van der Waals surface area contributed by atoms with E-state index >= 15 is 0 Å². The number of thiophene rings is 1. The van der Waals surface area contributed by atoms with Gasteiger partial charge in [0.2, 0.25) is 11.7 Å². The van der Waals surface area contributed by atoms with Gasteiger partial charge in [0.1, 0.15) is 16.3 Å². The molecule has 1 amide bonds. The van der Waals surface area contributed by atoms with E-state index < -0.39 is 5.97 Å². The molecule has 0 aliphatic heterocycles. The molecule has 1 N–H and O–H groups in total. The molecule has 0 saturated carbocycles. The zero-order valence-electron chi connectivity index (χ0n) is 22.8. The molecule has 2 aromatic heterocycles. The molecule has 4 rings (SSSR count). The first-order chi connectivity index (χ1) is 19.3. The largest absolute Gasteiger partial charge is 0.497 e. The molecule has 0 saturated heterocycles. The zero-order valence-corrected chi connectivity index (χ0v) is 24.4. The maximum Gasteiger partial charge on any atom is 0.341 e. The predicted octanol–water partition coefficient (Wildman–Crippen LogP) is 4.76. The van der Waals surface area contributed by atoms with E-state index in [-0.39, 0.29) is 11.7 Å². The van der Waals surface area contributed by atoms with Crippen LogP contribution in [0.25, 0.3) is 22.5 Å². The maximum absolute atomic E-state index is 12.9. The number of amides is 1. The first-order valence-corrected chi connectivity index (χ1v) is 13.7. The molecule has 0 radical (unpaired) electrons. The van der Waals surface area contributed by atoms with Crippen LogP contribution in [-0.4, -0.2) is 67.9 Å². The van der Waals surface area contributed by atoms with Gasteiger partial charge in [0, 0.05) is 23.6 Å². The number of aromatic nitrogens is 3. The van der Waals surface area contributed by atoms with Crippen LogP contribution in [0.2, 0.25) is 0 Å². The van der Waals surface area contributed by atoms with Gasteiger partial charge in [0.25, 0.3) is 0 Å². The summed E-state index contributed by atoms with van der Waals surface area (Å²) in [5.41, 5.74) is 2.45. The lowest BCUT2D eigenvalue weighted by molar-refractivity contribution is -0.113. The maximum atomic E-state index is 12.9. The van der Waals surface area contributed by atoms with E-state index in [9.17, 15) is 9.59 Å². The highest BCUT2D eigenvalue weighted by atomic mass is 32.2. The second kappa shape index (κ2) is 12.7. The van der Waals surface area contributed by atoms with Gasteiger partial charge in [-0.3, -0.25) is 4.79 Å². The number of benzene rings is 2. The monoisotopic (exact) mass is 584 g/mol. The number of anilines is 1. The van der Waals surface area contributed by atoms with Gasteiger partial charge in [-0.2, -0.15) is 0 Å². The van der Waals surface area contributed by atoms with Crippen molar-refractivity contribution in [2.75, 3.05) is 46.6 Å². The zero-order chi connectivity index (χ0) is 28.8. The SMILES string of the molecule is COC(=O)c1c(-c2ccc(OC)cc2)csc1NC(=O)CSc1nnc(-c2cc(OC)c(OC)c(OC)c2)n1C. The molecule has 2 aromatic carbocycles. The van der Waals surface area contributed by atoms with Crippen molar-refractivity contribution >= 4 is 40.0 Å². The molecule has 11 nitrogen and oxygen atoms in total. The Morgan fingerprint density at radius 3 is 2.17 bits per heavy atom. The fourth-order valence-electron chi connectivity index (χ4n) is 3.93. The van der Waals surface area contributed by atoms with Crippen LogP contribution in [0.3, 0.4) is 0 Å². The van der Waals surface area contributed by atoms with Gasteiger partial charge in [0.15, 0.2) is 22.5 Å². The Bertz CT molecular complexity index is 1490. The number of hydrogen-bond acceptors (Lipinski definition) is 11. The molecule has 4 aromatic rings. The second-order valence-electron chi connectivity index (χ2n) is 8.19. The predicted molar refractivity (Wildman–Crippen MR) is 153 cm³/mol. The first kappa shape index (κ1) is 28.8. The van der Waals surface area contributed by atoms with E-state index in [1.165, 1.54) is 51.5 Å². The fraction of sp³-hybridized carbons (Fsp3) is 0.259. The lowest BCUT2D eigenvalue weighted by atomic mass is 10.0. The number of ether oxygens (including phenoxy) is 5. The molecule has 210 valence electrons. The minimum atomic E-state index is -0.543. The van der Waals surface area contributed by atoms with E-state index in [1.807, 2.05) is 17.5 Å². The van der Waals surface area contributed by atoms with E-state index in [4.69, 9.17) is 23.7 Å². The highest BCUT2D eigenvalue weighted by Gasteiger charge is 2.23. The number of carbonyl (C=O) groups excluding carboxylic acids is 2. The fourth-order valence-corrected chi connectivity index (χ4v) is 5.62. The average Bonchev–Trinajstić information content (AvgIpc) is 3.57. The molecule has 40 heavy (non-hydrogen) atoms. The Kier molecular flexibility index (Phi) is 9.17. The van der Waals surface area contributed by atoms with Crippen LogP contribution in [0.1, 0.15) is 10.4 Å². The average molecular weight is 585 g/mol. The summed E-state index contributed by atoms with van der Waals surface area (Å²) in [6, 6.07) is 10.8. The summed E-state index contributed by atoms with van der Waals surface area (Å²) in [6.45, 7) is 0. The number of methoxy groups -OCH3 is 5. The number of thioether (sulfide) groups is 1. The van der Waals surface area contributed by atoms with Crippen molar-refractivity contribution < 1.29 is 33.3 Å². The van der Waals surface area contributed by atoms with Gasteiger partial charge in [-0.15, -0.1) is 21.5 Å². The summed E-state index contributed by atoms with van der Waals surface area (Å²) in [6.07, 6.45) is 0. The van der Waals surface area contributed by atoms with Gasteiger partial charge in [-0.05, 0) is 29.8 Å². The standard InChI is InChI=1S/C27H28N4O7S2/c1-31-24(16-11-19(35-3)23(37-5)20(12-16)36-4)29-30-27(31)40-14-21(32)28-25-22(26(33)38-6)18(13-39-25)15-7-9-17(34-2)10-8-15/h7-13H,14H2,1-6H3,(H,28,32). The van der Waals surface area contributed by atoms with Gasteiger partial charge >= 0.3 is 5.97 Å². The molecule has 0 bridgehead atoms. The Labute approximate surface area is 239 Å². The van der Waals surface area contributed by atoms with Gasteiger partial charge in [-0.25, -0.2) is 4.79 Å². The van der Waals surface area contributed by atoms with E-state index in [0.717, 1.165) is 5.56 Å². The summed E-state index contributed by atoms with van der Waals surface area (Å²) >= 11 is 2.46. The van der Waals surface area contributed by atoms with Crippen LogP contribution < -0.4 is 24.3 Å². The van der Waals surface area contributed by atoms with Gasteiger partial charge < -0.3 is 33.6 Å². The molecule has 0 spiro atoms. The number of hydrogen-bond donors (Lipinski definition) is 1. The number of esters is 1. The highest BCUT2D eigenvalue weighted by Crippen LogP contribution is 2.41. The summed E-state index contributed by atoms with van der Waals surface area (Å²) in [7, 11) is 9.30. The number of carbonyl (C=O) groups is 2. The summed E-state index contributed by atoms with van der Waals surface area (Å²) in [5, 5.41) is 14.1. The molecular weight excluding hydrogens is 556 g/mol. The van der Waals surface area contributed by atoms with Crippen LogP contribution in [0, 0.1) is 0 Å². The smallest absolute Gasteiger partial charge is 0.341 e. The van der Waals surface area contributed by atoms with E-state index in [0.29, 0.717) is 55.7 Å².